The van der Waals surface area contributed by atoms with Crippen LogP contribution in [0.4, 0.5) is 10.5 Å². The first-order valence-corrected chi connectivity index (χ1v) is 10.1. The molecule has 2 aromatic carbocycles. The molecule has 2 amide bonds. The van der Waals surface area contributed by atoms with Gasteiger partial charge in [0.25, 0.3) is 5.91 Å². The summed E-state index contributed by atoms with van der Waals surface area (Å²) in [6, 6.07) is 11.8. The van der Waals surface area contributed by atoms with Crippen molar-refractivity contribution in [2.75, 3.05) is 18.1 Å². The van der Waals surface area contributed by atoms with Gasteiger partial charge in [0.05, 0.1) is 5.69 Å². The molecule has 3 aliphatic rings. The number of carbonyl (C=O) groups excluding carboxylic acids is 2. The van der Waals surface area contributed by atoms with Crippen LogP contribution < -0.4 is 4.90 Å². The molecule has 5 nitrogen and oxygen atoms in total. The molecule has 0 bridgehead atoms. The molecule has 1 aliphatic carbocycles. The fourth-order valence-electron chi connectivity index (χ4n) is 4.26. The number of ether oxygens (including phenoxy) is 1. The molecule has 1 saturated carbocycles. The minimum Gasteiger partial charge on any atom is -0.439 e. The zero-order valence-corrected chi connectivity index (χ0v) is 17.8. The van der Waals surface area contributed by atoms with Gasteiger partial charge in [-0.1, -0.05) is 41.4 Å². The first-order chi connectivity index (χ1) is 13.5. The molecule has 152 valence electrons. The van der Waals surface area contributed by atoms with Crippen molar-refractivity contribution in [3.63, 3.8) is 0 Å². The zero-order valence-electron chi connectivity index (χ0n) is 15.4. The second-order valence-corrected chi connectivity index (χ2v) is 8.35. The Labute approximate surface area is 184 Å². The van der Waals surface area contributed by atoms with E-state index in [1.165, 1.54) is 12.8 Å². The van der Waals surface area contributed by atoms with Crippen LogP contribution >= 0.6 is 35.6 Å². The monoisotopic (exact) mass is 452 g/mol. The van der Waals surface area contributed by atoms with Gasteiger partial charge in [-0.15, -0.1) is 12.4 Å². The molecular formula is C21H19Cl3N2O3. The predicted molar refractivity (Wildman–Crippen MR) is 114 cm³/mol. The van der Waals surface area contributed by atoms with Crippen LogP contribution in [0, 0.1) is 0 Å². The van der Waals surface area contributed by atoms with E-state index in [0.717, 1.165) is 34.7 Å². The maximum atomic E-state index is 12.3. The average molecular weight is 454 g/mol. The largest absolute Gasteiger partial charge is 0.439 e. The van der Waals surface area contributed by atoms with Crippen LogP contribution in [0.1, 0.15) is 35.4 Å². The molecule has 0 aromatic heterocycles. The van der Waals surface area contributed by atoms with Gasteiger partial charge in [-0.2, -0.15) is 0 Å². The molecule has 8 heteroatoms. The third-order valence-corrected chi connectivity index (χ3v) is 6.27. The number of benzene rings is 2. The second kappa shape index (κ2) is 7.80. The summed E-state index contributed by atoms with van der Waals surface area (Å²) in [5, 5.41) is 1.25. The number of fused-ring (bicyclic) bond motifs is 1. The highest BCUT2D eigenvalue weighted by atomic mass is 35.5. The Morgan fingerprint density at radius 1 is 1.03 bits per heavy atom. The average Bonchev–Trinajstić information content (AvgIpc) is 3.47. The van der Waals surface area contributed by atoms with E-state index in [9.17, 15) is 9.59 Å². The summed E-state index contributed by atoms with van der Waals surface area (Å²) in [5.74, 6) is -0.394. The number of anilines is 1. The summed E-state index contributed by atoms with van der Waals surface area (Å²) in [6.45, 7) is 1.36. The van der Waals surface area contributed by atoms with Gasteiger partial charge < -0.3 is 4.74 Å². The number of hydrogen-bond acceptors (Lipinski definition) is 4. The van der Waals surface area contributed by atoms with Crippen molar-refractivity contribution in [3.05, 3.63) is 63.1 Å². The Morgan fingerprint density at radius 3 is 2.48 bits per heavy atom. The van der Waals surface area contributed by atoms with Crippen LogP contribution in [0.15, 0.2) is 36.4 Å². The number of nitrogens with zero attached hydrogens (tertiary/aromatic N) is 2. The standard InChI is InChI=1S/C21H18Cl2N2O3.ClH/c22-12-7-15-16(9-24(13-5-6-13)10-17(15)18(23)8-12)14-3-1-2-4-19(14)25-20(26)11-28-21(25)27;/h1-4,7-8,13,16H,5-6,9-11H2;1H/t16-;/m0./s1. The van der Waals surface area contributed by atoms with Crippen molar-refractivity contribution in [2.24, 2.45) is 0 Å². The molecule has 5 rings (SSSR count). The van der Waals surface area contributed by atoms with Crippen LogP contribution in [-0.2, 0) is 16.1 Å². The lowest BCUT2D eigenvalue weighted by Crippen LogP contribution is -2.37. The van der Waals surface area contributed by atoms with Gasteiger partial charge in [-0.3, -0.25) is 9.69 Å². The van der Waals surface area contributed by atoms with E-state index < -0.39 is 6.09 Å². The van der Waals surface area contributed by atoms with Crippen molar-refractivity contribution in [3.8, 4) is 0 Å². The number of carbonyl (C=O) groups is 2. The van der Waals surface area contributed by atoms with E-state index in [4.69, 9.17) is 27.9 Å². The van der Waals surface area contributed by atoms with E-state index in [1.54, 1.807) is 12.1 Å². The normalized spacial score (nSPS) is 21.6. The van der Waals surface area contributed by atoms with Crippen molar-refractivity contribution in [1.82, 2.24) is 4.90 Å². The Hall–Kier alpha value is -1.79. The van der Waals surface area contributed by atoms with E-state index in [1.807, 2.05) is 24.3 Å². The third kappa shape index (κ3) is 3.61. The summed E-state index contributed by atoms with van der Waals surface area (Å²) < 4.78 is 4.94. The Kier molecular flexibility index (Phi) is 5.51. The molecule has 29 heavy (non-hydrogen) atoms. The minimum atomic E-state index is -0.628. The van der Waals surface area contributed by atoms with Crippen LogP contribution in [-0.4, -0.2) is 36.1 Å². The molecule has 2 heterocycles. The topological polar surface area (TPSA) is 49.9 Å². The lowest BCUT2D eigenvalue weighted by Gasteiger charge is -2.37. The summed E-state index contributed by atoms with van der Waals surface area (Å²) in [6.07, 6.45) is 1.74. The molecule has 0 N–H and O–H groups in total. The molecule has 0 spiro atoms. The molecule has 1 saturated heterocycles. The van der Waals surface area contributed by atoms with Gasteiger partial charge in [0.15, 0.2) is 6.61 Å². The van der Waals surface area contributed by atoms with Crippen LogP contribution in [0.25, 0.3) is 0 Å². The van der Waals surface area contributed by atoms with Gasteiger partial charge in [0, 0.05) is 35.1 Å². The summed E-state index contributed by atoms with van der Waals surface area (Å²) >= 11 is 12.9. The third-order valence-electron chi connectivity index (χ3n) is 5.72. The van der Waals surface area contributed by atoms with E-state index in [0.29, 0.717) is 21.8 Å². The maximum Gasteiger partial charge on any atom is 0.421 e. The van der Waals surface area contributed by atoms with Gasteiger partial charge in [0.2, 0.25) is 0 Å². The Balaban J connectivity index is 0.00000205. The van der Waals surface area contributed by atoms with Gasteiger partial charge in [-0.25, -0.2) is 9.69 Å². The fraction of sp³-hybridized carbons (Fsp3) is 0.333. The predicted octanol–water partition coefficient (Wildman–Crippen LogP) is 5.01. The lowest BCUT2D eigenvalue weighted by molar-refractivity contribution is -0.117. The fourth-order valence-corrected chi connectivity index (χ4v) is 4.83. The molecule has 1 atom stereocenters. The molecule has 2 fully saturated rings. The number of hydrogen-bond donors (Lipinski definition) is 0. The van der Waals surface area contributed by atoms with Crippen molar-refractivity contribution in [1.29, 1.82) is 0 Å². The Morgan fingerprint density at radius 2 is 1.79 bits per heavy atom. The van der Waals surface area contributed by atoms with E-state index >= 15 is 0 Å². The van der Waals surface area contributed by atoms with Crippen LogP contribution in [0.2, 0.25) is 10.0 Å². The SMILES string of the molecule is Cl.O=C1COC(=O)N1c1ccccc1[C@@H]1CN(C2CC2)Cc2c(Cl)cc(Cl)cc21. The van der Waals surface area contributed by atoms with Crippen LogP contribution in [0.5, 0.6) is 0 Å². The van der Waals surface area contributed by atoms with E-state index in [-0.39, 0.29) is 30.8 Å². The Bertz CT molecular complexity index is 977. The summed E-state index contributed by atoms with van der Waals surface area (Å²) in [5.41, 5.74) is 3.60. The zero-order chi connectivity index (χ0) is 19.4. The van der Waals surface area contributed by atoms with Crippen LogP contribution in [0.3, 0.4) is 0 Å². The van der Waals surface area contributed by atoms with Crippen molar-refractivity contribution < 1.29 is 14.3 Å². The number of cyclic esters (lactones) is 1. The maximum absolute atomic E-state index is 12.3. The minimum absolute atomic E-state index is 0. The number of rotatable bonds is 3. The highest BCUT2D eigenvalue weighted by Crippen LogP contribution is 2.44. The van der Waals surface area contributed by atoms with E-state index in [2.05, 4.69) is 4.90 Å². The molecule has 2 aromatic rings. The highest BCUT2D eigenvalue weighted by Gasteiger charge is 2.39. The quantitative estimate of drug-likeness (QED) is 0.655. The van der Waals surface area contributed by atoms with Gasteiger partial charge in [-0.05, 0) is 47.7 Å². The first-order valence-electron chi connectivity index (χ1n) is 9.33. The summed E-state index contributed by atoms with van der Waals surface area (Å²) in [4.78, 5) is 28.0. The van der Waals surface area contributed by atoms with Gasteiger partial charge >= 0.3 is 6.09 Å². The summed E-state index contributed by atoms with van der Waals surface area (Å²) in [7, 11) is 0. The van der Waals surface area contributed by atoms with Gasteiger partial charge in [0.1, 0.15) is 0 Å². The number of para-hydroxylation sites is 1. The first kappa shape index (κ1) is 20.5. The molecular weight excluding hydrogens is 435 g/mol. The number of imide groups is 1. The smallest absolute Gasteiger partial charge is 0.421 e. The highest BCUT2D eigenvalue weighted by molar-refractivity contribution is 6.35. The van der Waals surface area contributed by atoms with Crippen molar-refractivity contribution >= 4 is 53.3 Å². The molecule has 0 radical (unpaired) electrons. The molecule has 2 aliphatic heterocycles. The van der Waals surface area contributed by atoms with Crippen molar-refractivity contribution in [2.45, 2.75) is 31.3 Å². The molecule has 0 unspecified atom stereocenters. The number of amides is 2. The lowest BCUT2D eigenvalue weighted by atomic mass is 9.83. The second-order valence-electron chi connectivity index (χ2n) is 7.51. The number of halogens is 3.